The fraction of sp³-hybridized carbons (Fsp3) is 0.538. The first-order chi connectivity index (χ1) is 8.72. The summed E-state index contributed by atoms with van der Waals surface area (Å²) < 4.78 is 26.8. The van der Waals surface area contributed by atoms with Gasteiger partial charge in [-0.15, -0.1) is 0 Å². The van der Waals surface area contributed by atoms with Crippen LogP contribution >= 0.6 is 11.6 Å². The van der Waals surface area contributed by atoms with Gasteiger partial charge in [-0.2, -0.15) is 0 Å². The van der Waals surface area contributed by atoms with Gasteiger partial charge < -0.3 is 5.32 Å². The molecule has 0 heterocycles. The molecular weight excluding hydrogens is 284 g/mol. The summed E-state index contributed by atoms with van der Waals surface area (Å²) in [6.07, 6.45) is 0. The van der Waals surface area contributed by atoms with E-state index in [-0.39, 0.29) is 6.04 Å². The number of halogens is 1. The van der Waals surface area contributed by atoms with Crippen molar-refractivity contribution in [2.24, 2.45) is 0 Å². The lowest BCUT2D eigenvalue weighted by Crippen LogP contribution is -2.37. The van der Waals surface area contributed by atoms with Gasteiger partial charge in [0.1, 0.15) is 0 Å². The number of hydrogen-bond donors (Lipinski definition) is 2. The third-order valence-electron chi connectivity index (χ3n) is 2.78. The van der Waals surface area contributed by atoms with E-state index >= 15 is 0 Å². The second-order valence-electron chi connectivity index (χ2n) is 4.98. The molecule has 0 radical (unpaired) electrons. The summed E-state index contributed by atoms with van der Waals surface area (Å²) in [7, 11) is -3.41. The Morgan fingerprint density at radius 3 is 2.42 bits per heavy atom. The molecule has 0 amide bonds. The summed E-state index contributed by atoms with van der Waals surface area (Å²) in [5.41, 5.74) is 1.41. The van der Waals surface area contributed by atoms with E-state index in [1.54, 1.807) is 25.1 Å². The van der Waals surface area contributed by atoms with Crippen molar-refractivity contribution in [3.63, 3.8) is 0 Å². The molecule has 1 aromatic carbocycles. The maximum Gasteiger partial charge on any atom is 0.236 e. The molecule has 0 aliphatic rings. The van der Waals surface area contributed by atoms with Crippen LogP contribution in [0.5, 0.6) is 0 Å². The van der Waals surface area contributed by atoms with Gasteiger partial charge >= 0.3 is 0 Å². The van der Waals surface area contributed by atoms with Crippen LogP contribution in [0.4, 0.5) is 5.69 Å². The lowest BCUT2D eigenvalue weighted by molar-refractivity contribution is 0.553. The molecular formula is C13H21ClN2O2S. The van der Waals surface area contributed by atoms with Gasteiger partial charge in [-0.05, 0) is 31.5 Å². The molecule has 0 saturated heterocycles. The Morgan fingerprint density at radius 1 is 1.26 bits per heavy atom. The summed E-state index contributed by atoms with van der Waals surface area (Å²) in [6.45, 7) is 7.91. The molecule has 0 aliphatic heterocycles. The quantitative estimate of drug-likeness (QED) is 0.849. The molecule has 1 aromatic rings. The smallest absolute Gasteiger partial charge is 0.236 e. The minimum Gasteiger partial charge on any atom is -0.313 e. The van der Waals surface area contributed by atoms with Crippen molar-refractivity contribution in [3.8, 4) is 0 Å². The normalized spacial score (nSPS) is 13.6. The van der Waals surface area contributed by atoms with Gasteiger partial charge in [0.25, 0.3) is 0 Å². The fourth-order valence-corrected chi connectivity index (χ4v) is 2.59. The van der Waals surface area contributed by atoms with Crippen molar-refractivity contribution < 1.29 is 8.42 Å². The van der Waals surface area contributed by atoms with Crippen LogP contribution in [0.25, 0.3) is 0 Å². The second-order valence-corrected chi connectivity index (χ2v) is 7.49. The number of benzene rings is 1. The predicted molar refractivity (Wildman–Crippen MR) is 81.3 cm³/mol. The van der Waals surface area contributed by atoms with E-state index < -0.39 is 15.3 Å². The van der Waals surface area contributed by atoms with Crippen LogP contribution in [0.2, 0.25) is 5.02 Å². The number of aryl methyl sites for hydroxylation is 1. The molecule has 19 heavy (non-hydrogen) atoms. The zero-order valence-electron chi connectivity index (χ0n) is 11.7. The largest absolute Gasteiger partial charge is 0.313 e. The van der Waals surface area contributed by atoms with E-state index in [2.05, 4.69) is 10.0 Å². The summed E-state index contributed by atoms with van der Waals surface area (Å²) in [5.74, 6) is 0. The third-order valence-corrected chi connectivity index (χ3v) is 4.93. The van der Waals surface area contributed by atoms with E-state index in [1.807, 2.05) is 20.8 Å². The molecule has 0 bridgehead atoms. The standard InChI is InChI=1S/C13H21ClN2O2S/c1-9(2)15-8-11(4)19(17,18)16-12-6-5-10(3)13(14)7-12/h5-7,9,11,15-16H,8H2,1-4H3. The molecule has 1 atom stereocenters. The van der Waals surface area contributed by atoms with E-state index in [4.69, 9.17) is 11.6 Å². The number of sulfonamides is 1. The average molecular weight is 305 g/mol. The van der Waals surface area contributed by atoms with E-state index in [9.17, 15) is 8.42 Å². The molecule has 6 heteroatoms. The highest BCUT2D eigenvalue weighted by Crippen LogP contribution is 2.21. The third kappa shape index (κ3) is 5.01. The Kier molecular flexibility index (Phi) is 5.64. The molecule has 108 valence electrons. The van der Waals surface area contributed by atoms with Crippen molar-refractivity contribution in [2.75, 3.05) is 11.3 Å². The highest BCUT2D eigenvalue weighted by atomic mass is 35.5. The van der Waals surface area contributed by atoms with Crippen molar-refractivity contribution >= 4 is 27.3 Å². The van der Waals surface area contributed by atoms with E-state index in [0.29, 0.717) is 17.3 Å². The minimum absolute atomic E-state index is 0.256. The van der Waals surface area contributed by atoms with Gasteiger partial charge in [0.15, 0.2) is 0 Å². The zero-order valence-corrected chi connectivity index (χ0v) is 13.3. The lowest BCUT2D eigenvalue weighted by Gasteiger charge is -2.17. The van der Waals surface area contributed by atoms with Crippen LogP contribution in [0.3, 0.4) is 0 Å². The van der Waals surface area contributed by atoms with Crippen LogP contribution in [0.15, 0.2) is 18.2 Å². The van der Waals surface area contributed by atoms with Crippen LogP contribution in [0, 0.1) is 6.92 Å². The Bertz CT molecular complexity index is 529. The second kappa shape index (κ2) is 6.59. The lowest BCUT2D eigenvalue weighted by atomic mass is 10.2. The Hall–Kier alpha value is -0.780. The first kappa shape index (κ1) is 16.3. The predicted octanol–water partition coefficient (Wildman–Crippen LogP) is 2.78. The van der Waals surface area contributed by atoms with Gasteiger partial charge in [-0.3, -0.25) is 4.72 Å². The molecule has 1 rings (SSSR count). The summed E-state index contributed by atoms with van der Waals surface area (Å²) in [5, 5.41) is 3.14. The van der Waals surface area contributed by atoms with Crippen LogP contribution in [-0.2, 0) is 10.0 Å². The van der Waals surface area contributed by atoms with Crippen LogP contribution in [-0.4, -0.2) is 26.3 Å². The Morgan fingerprint density at radius 2 is 1.89 bits per heavy atom. The monoisotopic (exact) mass is 304 g/mol. The molecule has 0 spiro atoms. The number of nitrogens with one attached hydrogen (secondary N) is 2. The molecule has 0 aromatic heterocycles. The summed E-state index contributed by atoms with van der Waals surface area (Å²) in [4.78, 5) is 0. The topological polar surface area (TPSA) is 58.2 Å². The van der Waals surface area contributed by atoms with Gasteiger partial charge in [-0.1, -0.05) is 31.5 Å². The Labute approximate surface area is 120 Å². The molecule has 2 N–H and O–H groups in total. The first-order valence-corrected chi connectivity index (χ1v) is 8.16. The van der Waals surface area contributed by atoms with Crippen molar-refractivity contribution in [2.45, 2.75) is 39.0 Å². The minimum atomic E-state index is -3.41. The highest BCUT2D eigenvalue weighted by Gasteiger charge is 2.20. The molecule has 1 unspecified atom stereocenters. The number of hydrogen-bond acceptors (Lipinski definition) is 3. The molecule has 4 nitrogen and oxygen atoms in total. The maximum atomic E-state index is 12.1. The Balaban J connectivity index is 2.75. The van der Waals surface area contributed by atoms with Crippen molar-refractivity contribution in [1.82, 2.24) is 5.32 Å². The van der Waals surface area contributed by atoms with Crippen LogP contribution in [0.1, 0.15) is 26.3 Å². The maximum absolute atomic E-state index is 12.1. The van der Waals surface area contributed by atoms with Gasteiger partial charge in [0.05, 0.1) is 5.25 Å². The van der Waals surface area contributed by atoms with Crippen molar-refractivity contribution in [3.05, 3.63) is 28.8 Å². The molecule has 0 saturated carbocycles. The molecule has 0 fully saturated rings. The number of rotatable bonds is 6. The van der Waals surface area contributed by atoms with Gasteiger partial charge in [0.2, 0.25) is 10.0 Å². The van der Waals surface area contributed by atoms with Crippen molar-refractivity contribution in [1.29, 1.82) is 0 Å². The zero-order chi connectivity index (χ0) is 14.6. The fourth-order valence-electron chi connectivity index (χ4n) is 1.43. The van der Waals surface area contributed by atoms with Gasteiger partial charge in [-0.25, -0.2) is 8.42 Å². The first-order valence-electron chi connectivity index (χ1n) is 6.23. The average Bonchev–Trinajstić information content (AvgIpc) is 2.30. The van der Waals surface area contributed by atoms with Crippen LogP contribution < -0.4 is 10.0 Å². The summed E-state index contributed by atoms with van der Waals surface area (Å²) in [6, 6.07) is 5.38. The summed E-state index contributed by atoms with van der Waals surface area (Å²) >= 11 is 5.98. The number of anilines is 1. The van der Waals surface area contributed by atoms with Gasteiger partial charge in [0, 0.05) is 23.3 Å². The SMILES string of the molecule is Cc1ccc(NS(=O)(=O)C(C)CNC(C)C)cc1Cl. The van der Waals surface area contributed by atoms with E-state index in [1.165, 1.54) is 0 Å². The van der Waals surface area contributed by atoms with E-state index in [0.717, 1.165) is 5.56 Å². The molecule has 0 aliphatic carbocycles. The highest BCUT2D eigenvalue weighted by molar-refractivity contribution is 7.93.